The molecule has 0 fully saturated rings. The second-order valence-electron chi connectivity index (χ2n) is 2.26. The number of ketones is 1. The van der Waals surface area contributed by atoms with Gasteiger partial charge in [-0.15, -0.1) is 11.3 Å². The van der Waals surface area contributed by atoms with Crippen molar-refractivity contribution in [3.63, 3.8) is 0 Å². The minimum atomic E-state index is -1.40. The predicted octanol–water partition coefficient (Wildman–Crippen LogP) is 0.648. The number of hydrogen-bond acceptors (Lipinski definition) is 4. The van der Waals surface area contributed by atoms with E-state index in [1.807, 2.05) is 0 Å². The number of nitrogens with zero attached hydrogens (tertiary/aromatic N) is 1. The maximum absolute atomic E-state index is 10.7. The molecule has 0 radical (unpaired) electrons. The van der Waals surface area contributed by atoms with Crippen molar-refractivity contribution in [3.8, 4) is 0 Å². The highest BCUT2D eigenvalue weighted by Gasteiger charge is 2.13. The highest BCUT2D eigenvalue weighted by atomic mass is 32.1. The lowest BCUT2D eigenvalue weighted by Crippen LogP contribution is -2.15. The number of aryl methyl sites for hydroxylation is 1. The molecule has 1 aromatic rings. The van der Waals surface area contributed by atoms with Crippen LogP contribution in [0.4, 0.5) is 0 Å². The van der Waals surface area contributed by atoms with E-state index >= 15 is 0 Å². The molecule has 1 aromatic heterocycles. The van der Waals surface area contributed by atoms with E-state index in [0.29, 0.717) is 5.69 Å². The van der Waals surface area contributed by atoms with Crippen LogP contribution in [0.3, 0.4) is 0 Å². The van der Waals surface area contributed by atoms with Crippen LogP contribution in [-0.2, 0) is 16.0 Å². The van der Waals surface area contributed by atoms with Crippen molar-refractivity contribution < 1.29 is 14.7 Å². The minimum absolute atomic E-state index is 0.111. The van der Waals surface area contributed by atoms with Crippen molar-refractivity contribution in [2.24, 2.45) is 0 Å². The van der Waals surface area contributed by atoms with Crippen LogP contribution in [0.25, 0.3) is 0 Å². The number of carbonyl (C=O) groups excluding carboxylic acids is 1. The molecule has 0 unspecified atom stereocenters. The lowest BCUT2D eigenvalue weighted by atomic mass is 10.2. The maximum Gasteiger partial charge on any atom is 0.372 e. The summed E-state index contributed by atoms with van der Waals surface area (Å²) in [5.41, 5.74) is 0.532. The molecule has 0 aliphatic rings. The Morgan fingerprint density at radius 2 is 2.33 bits per heavy atom. The van der Waals surface area contributed by atoms with Gasteiger partial charge in [-0.05, 0) is 6.92 Å². The van der Waals surface area contributed by atoms with Gasteiger partial charge in [-0.3, -0.25) is 4.79 Å². The molecule has 1 rings (SSSR count). The third kappa shape index (κ3) is 2.13. The van der Waals surface area contributed by atoms with E-state index in [2.05, 4.69) is 4.98 Å². The number of thiazole rings is 1. The van der Waals surface area contributed by atoms with Gasteiger partial charge in [-0.1, -0.05) is 0 Å². The van der Waals surface area contributed by atoms with Gasteiger partial charge >= 0.3 is 5.97 Å². The highest BCUT2D eigenvalue weighted by molar-refractivity contribution is 7.09. The smallest absolute Gasteiger partial charge is 0.372 e. The van der Waals surface area contributed by atoms with Gasteiger partial charge in [0.2, 0.25) is 5.78 Å². The SMILES string of the molecule is Cc1nc(CC(=O)C(=O)O)cs1. The van der Waals surface area contributed by atoms with E-state index in [-0.39, 0.29) is 6.42 Å². The van der Waals surface area contributed by atoms with E-state index < -0.39 is 11.8 Å². The fourth-order valence-corrected chi connectivity index (χ4v) is 1.34. The lowest BCUT2D eigenvalue weighted by molar-refractivity contribution is -0.148. The normalized spacial score (nSPS) is 9.75. The van der Waals surface area contributed by atoms with Crippen molar-refractivity contribution >= 4 is 23.1 Å². The summed E-state index contributed by atoms with van der Waals surface area (Å²) in [5.74, 6) is -2.22. The standard InChI is InChI=1S/C7H7NO3S/c1-4-8-5(3-12-4)2-6(9)7(10)11/h3H,2H2,1H3,(H,10,11). The van der Waals surface area contributed by atoms with Crippen LogP contribution < -0.4 is 0 Å². The van der Waals surface area contributed by atoms with Gasteiger partial charge in [0.05, 0.1) is 17.1 Å². The predicted molar refractivity (Wildman–Crippen MR) is 43.2 cm³/mol. The Bertz CT molecular complexity index is 318. The Morgan fingerprint density at radius 1 is 1.67 bits per heavy atom. The molecular formula is C7H7NO3S. The molecule has 0 saturated heterocycles. The number of carboxylic acid groups (broad SMARTS) is 1. The van der Waals surface area contributed by atoms with Crippen LogP contribution in [0.15, 0.2) is 5.38 Å². The molecular weight excluding hydrogens is 178 g/mol. The van der Waals surface area contributed by atoms with Gasteiger partial charge in [-0.25, -0.2) is 9.78 Å². The number of aliphatic carboxylic acids is 1. The molecule has 0 amide bonds. The average molecular weight is 185 g/mol. The third-order valence-electron chi connectivity index (χ3n) is 1.25. The largest absolute Gasteiger partial charge is 0.475 e. The summed E-state index contributed by atoms with van der Waals surface area (Å²) in [5, 5.41) is 10.8. The van der Waals surface area contributed by atoms with Crippen molar-refractivity contribution in [1.29, 1.82) is 0 Å². The van der Waals surface area contributed by atoms with Crippen LogP contribution in [-0.4, -0.2) is 21.8 Å². The Hall–Kier alpha value is -1.23. The zero-order valence-corrected chi connectivity index (χ0v) is 7.22. The molecule has 12 heavy (non-hydrogen) atoms. The molecule has 5 heteroatoms. The molecule has 0 spiro atoms. The van der Waals surface area contributed by atoms with Gasteiger partial charge in [-0.2, -0.15) is 0 Å². The summed E-state index contributed by atoms with van der Waals surface area (Å²) in [6.45, 7) is 1.80. The van der Waals surface area contributed by atoms with Crippen LogP contribution in [0.2, 0.25) is 0 Å². The fraction of sp³-hybridized carbons (Fsp3) is 0.286. The van der Waals surface area contributed by atoms with Crippen LogP contribution >= 0.6 is 11.3 Å². The van der Waals surface area contributed by atoms with Gasteiger partial charge in [0, 0.05) is 5.38 Å². The fourth-order valence-electron chi connectivity index (χ4n) is 0.730. The zero-order chi connectivity index (χ0) is 9.14. The number of aromatic nitrogens is 1. The topological polar surface area (TPSA) is 67.3 Å². The summed E-state index contributed by atoms with van der Waals surface area (Å²) in [6, 6.07) is 0. The van der Waals surface area contributed by atoms with Crippen molar-refractivity contribution in [2.45, 2.75) is 13.3 Å². The summed E-state index contributed by atoms with van der Waals surface area (Å²) >= 11 is 1.40. The van der Waals surface area contributed by atoms with Gasteiger partial charge in [0.15, 0.2) is 0 Å². The van der Waals surface area contributed by atoms with Gasteiger partial charge in [0.1, 0.15) is 0 Å². The molecule has 0 atom stereocenters. The first-order valence-electron chi connectivity index (χ1n) is 3.26. The molecule has 0 aliphatic heterocycles. The summed E-state index contributed by atoms with van der Waals surface area (Å²) in [4.78, 5) is 24.8. The molecule has 0 bridgehead atoms. The quantitative estimate of drug-likeness (QED) is 0.702. The molecule has 1 heterocycles. The molecule has 64 valence electrons. The first-order chi connectivity index (χ1) is 5.59. The Labute approximate surface area is 72.9 Å². The van der Waals surface area contributed by atoms with E-state index in [9.17, 15) is 9.59 Å². The van der Waals surface area contributed by atoms with Crippen LogP contribution in [0.5, 0.6) is 0 Å². The third-order valence-corrected chi connectivity index (χ3v) is 2.07. The van der Waals surface area contributed by atoms with Gasteiger partial charge in [0.25, 0.3) is 0 Å². The molecule has 4 nitrogen and oxygen atoms in total. The Morgan fingerprint density at radius 3 is 2.75 bits per heavy atom. The second-order valence-corrected chi connectivity index (χ2v) is 3.33. The van der Waals surface area contributed by atoms with E-state index in [4.69, 9.17) is 5.11 Å². The summed E-state index contributed by atoms with van der Waals surface area (Å²) in [6.07, 6.45) is -0.111. The van der Waals surface area contributed by atoms with Crippen molar-refractivity contribution in [1.82, 2.24) is 4.98 Å². The molecule has 0 aromatic carbocycles. The zero-order valence-electron chi connectivity index (χ0n) is 6.40. The number of carbonyl (C=O) groups is 2. The monoisotopic (exact) mass is 185 g/mol. The maximum atomic E-state index is 10.7. The Kier molecular flexibility index (Phi) is 2.54. The minimum Gasteiger partial charge on any atom is -0.475 e. The summed E-state index contributed by atoms with van der Waals surface area (Å²) in [7, 11) is 0. The van der Waals surface area contributed by atoms with Crippen molar-refractivity contribution in [3.05, 3.63) is 16.1 Å². The number of carboxylic acids is 1. The van der Waals surface area contributed by atoms with E-state index in [1.165, 1.54) is 11.3 Å². The number of Topliss-reactive ketones (excluding diaryl/α,β-unsaturated/α-hetero) is 1. The highest BCUT2D eigenvalue weighted by Crippen LogP contribution is 2.08. The van der Waals surface area contributed by atoms with Crippen LogP contribution in [0.1, 0.15) is 10.7 Å². The Balaban J connectivity index is 2.64. The number of rotatable bonds is 3. The number of hydrogen-bond donors (Lipinski definition) is 1. The second kappa shape index (κ2) is 3.44. The molecule has 0 aliphatic carbocycles. The first kappa shape index (κ1) is 8.86. The average Bonchev–Trinajstić information content (AvgIpc) is 2.35. The lowest BCUT2D eigenvalue weighted by Gasteiger charge is -1.89. The van der Waals surface area contributed by atoms with Gasteiger partial charge < -0.3 is 5.11 Å². The van der Waals surface area contributed by atoms with Crippen LogP contribution in [0, 0.1) is 6.92 Å². The molecule has 0 saturated carbocycles. The first-order valence-corrected chi connectivity index (χ1v) is 4.14. The molecule has 1 N–H and O–H groups in total. The van der Waals surface area contributed by atoms with E-state index in [1.54, 1.807) is 12.3 Å². The van der Waals surface area contributed by atoms with Crippen molar-refractivity contribution in [2.75, 3.05) is 0 Å². The van der Waals surface area contributed by atoms with E-state index in [0.717, 1.165) is 5.01 Å². The summed E-state index contributed by atoms with van der Waals surface area (Å²) < 4.78 is 0.